The van der Waals surface area contributed by atoms with E-state index >= 15 is 0 Å². The minimum absolute atomic E-state index is 0.0570. The third kappa shape index (κ3) is 5.28. The van der Waals surface area contributed by atoms with Crippen molar-refractivity contribution in [1.82, 2.24) is 4.90 Å². The molecule has 0 spiro atoms. The summed E-state index contributed by atoms with van der Waals surface area (Å²) in [6, 6.07) is 14.2. The van der Waals surface area contributed by atoms with Crippen LogP contribution in [0.2, 0.25) is 5.02 Å². The second kappa shape index (κ2) is 8.36. The number of ether oxygens (including phenoxy) is 1. The first-order valence-electron chi connectivity index (χ1n) is 7.43. The van der Waals surface area contributed by atoms with Crippen LogP contribution in [0.5, 0.6) is 5.75 Å². The van der Waals surface area contributed by atoms with Gasteiger partial charge in [-0.2, -0.15) is 0 Å². The fourth-order valence-electron chi connectivity index (χ4n) is 2.01. The molecule has 2 rings (SSSR count). The lowest BCUT2D eigenvalue weighted by molar-refractivity contribution is -0.135. The molecule has 2 aromatic carbocycles. The lowest BCUT2D eigenvalue weighted by Gasteiger charge is -2.17. The zero-order chi connectivity index (χ0) is 17.5. The molecule has 0 aromatic heterocycles. The summed E-state index contributed by atoms with van der Waals surface area (Å²) in [5.74, 6) is 0.0958. The Morgan fingerprint density at radius 3 is 2.46 bits per heavy atom. The van der Waals surface area contributed by atoms with Gasteiger partial charge in [0.2, 0.25) is 5.91 Å². The number of aryl methyl sites for hydroxylation is 1. The zero-order valence-electron chi connectivity index (χ0n) is 13.6. The maximum atomic E-state index is 12.1. The number of anilines is 1. The van der Waals surface area contributed by atoms with Crippen molar-refractivity contribution in [2.45, 2.75) is 6.92 Å². The molecule has 1 N–H and O–H groups in total. The molecule has 0 aliphatic heterocycles. The number of carbonyl (C=O) groups is 2. The summed E-state index contributed by atoms with van der Waals surface area (Å²) in [4.78, 5) is 25.3. The number of carbonyl (C=O) groups excluding carboxylic acids is 2. The van der Waals surface area contributed by atoms with Gasteiger partial charge in [0.25, 0.3) is 5.91 Å². The van der Waals surface area contributed by atoms with E-state index in [4.69, 9.17) is 16.3 Å². The summed E-state index contributed by atoms with van der Waals surface area (Å²) in [5, 5.41) is 3.30. The van der Waals surface area contributed by atoms with Gasteiger partial charge in [0.05, 0.1) is 6.54 Å². The smallest absolute Gasteiger partial charge is 0.260 e. The minimum Gasteiger partial charge on any atom is -0.484 e. The van der Waals surface area contributed by atoms with E-state index in [9.17, 15) is 9.59 Å². The fourth-order valence-corrected chi connectivity index (χ4v) is 2.13. The summed E-state index contributed by atoms with van der Waals surface area (Å²) >= 11 is 5.79. The van der Waals surface area contributed by atoms with Crippen molar-refractivity contribution in [3.8, 4) is 5.75 Å². The number of amides is 2. The molecule has 24 heavy (non-hydrogen) atoms. The van der Waals surface area contributed by atoms with E-state index in [0.717, 1.165) is 5.56 Å². The zero-order valence-corrected chi connectivity index (χ0v) is 14.3. The van der Waals surface area contributed by atoms with Crippen molar-refractivity contribution in [3.63, 3.8) is 0 Å². The molecule has 0 saturated carbocycles. The second-order valence-corrected chi connectivity index (χ2v) is 5.80. The molecule has 2 aromatic rings. The molecule has 0 aliphatic rings. The van der Waals surface area contributed by atoms with Crippen LogP contribution in [-0.4, -0.2) is 36.9 Å². The van der Waals surface area contributed by atoms with Crippen molar-refractivity contribution in [2.24, 2.45) is 0 Å². The van der Waals surface area contributed by atoms with Crippen LogP contribution in [0.3, 0.4) is 0 Å². The quantitative estimate of drug-likeness (QED) is 0.874. The lowest BCUT2D eigenvalue weighted by Crippen LogP contribution is -2.37. The van der Waals surface area contributed by atoms with E-state index in [1.807, 2.05) is 25.1 Å². The Morgan fingerprint density at radius 2 is 1.79 bits per heavy atom. The highest BCUT2D eigenvalue weighted by molar-refractivity contribution is 6.30. The first-order valence-corrected chi connectivity index (χ1v) is 7.81. The lowest BCUT2D eigenvalue weighted by atomic mass is 10.2. The van der Waals surface area contributed by atoms with Gasteiger partial charge in [-0.05, 0) is 42.8 Å². The Morgan fingerprint density at radius 1 is 1.12 bits per heavy atom. The van der Waals surface area contributed by atoms with Gasteiger partial charge >= 0.3 is 0 Å². The molecule has 5 nitrogen and oxygen atoms in total. The normalized spacial score (nSPS) is 10.1. The van der Waals surface area contributed by atoms with Crippen molar-refractivity contribution in [1.29, 1.82) is 0 Å². The van der Waals surface area contributed by atoms with Crippen molar-refractivity contribution >= 4 is 29.1 Å². The largest absolute Gasteiger partial charge is 0.484 e. The highest BCUT2D eigenvalue weighted by Crippen LogP contribution is 2.16. The number of nitrogens with one attached hydrogen (secondary N) is 1. The van der Waals surface area contributed by atoms with Crippen LogP contribution in [0, 0.1) is 6.92 Å². The van der Waals surface area contributed by atoms with Gasteiger partial charge in [0, 0.05) is 17.8 Å². The van der Waals surface area contributed by atoms with E-state index in [2.05, 4.69) is 5.32 Å². The van der Waals surface area contributed by atoms with E-state index in [1.54, 1.807) is 37.4 Å². The first kappa shape index (κ1) is 17.8. The fraction of sp³-hybridized carbons (Fsp3) is 0.222. The Balaban J connectivity index is 1.81. The number of hydrogen-bond acceptors (Lipinski definition) is 3. The molecule has 126 valence electrons. The van der Waals surface area contributed by atoms with E-state index in [-0.39, 0.29) is 25.0 Å². The molecule has 2 amide bonds. The highest BCUT2D eigenvalue weighted by atomic mass is 35.5. The van der Waals surface area contributed by atoms with Crippen LogP contribution in [-0.2, 0) is 9.59 Å². The molecule has 0 radical (unpaired) electrons. The molecule has 0 fully saturated rings. The molecule has 0 atom stereocenters. The molecule has 0 heterocycles. The summed E-state index contributed by atoms with van der Waals surface area (Å²) in [5.41, 5.74) is 1.58. The van der Waals surface area contributed by atoms with Gasteiger partial charge in [-0.25, -0.2) is 0 Å². The predicted molar refractivity (Wildman–Crippen MR) is 94.4 cm³/mol. The monoisotopic (exact) mass is 346 g/mol. The van der Waals surface area contributed by atoms with Crippen LogP contribution >= 0.6 is 11.6 Å². The number of halogens is 1. The van der Waals surface area contributed by atoms with Gasteiger partial charge < -0.3 is 15.0 Å². The number of para-hydroxylation sites is 1. The molecule has 0 bridgehead atoms. The van der Waals surface area contributed by atoms with Crippen LogP contribution in [0.15, 0.2) is 48.5 Å². The molecule has 0 saturated heterocycles. The third-order valence-corrected chi connectivity index (χ3v) is 3.63. The number of likely N-dealkylation sites (N-methyl/N-ethyl adjacent to an activating group) is 1. The Hall–Kier alpha value is -2.53. The van der Waals surface area contributed by atoms with Gasteiger partial charge in [0.1, 0.15) is 5.75 Å². The third-order valence-electron chi connectivity index (χ3n) is 3.38. The summed E-state index contributed by atoms with van der Waals surface area (Å²) < 4.78 is 5.50. The molecule has 0 unspecified atom stereocenters. The van der Waals surface area contributed by atoms with Crippen LogP contribution < -0.4 is 10.1 Å². The average Bonchev–Trinajstić information content (AvgIpc) is 2.56. The number of benzene rings is 2. The number of nitrogens with zero attached hydrogens (tertiary/aromatic N) is 1. The number of hydrogen-bond donors (Lipinski definition) is 1. The maximum absolute atomic E-state index is 12.1. The standard InChI is InChI=1S/C18H19ClN2O3/c1-13-5-3-4-6-16(13)24-12-18(23)21(2)11-17(22)20-15-9-7-14(19)8-10-15/h3-10H,11-12H2,1-2H3,(H,20,22). The van der Waals surface area contributed by atoms with Gasteiger partial charge in [-0.3, -0.25) is 9.59 Å². The Bertz CT molecular complexity index is 716. The van der Waals surface area contributed by atoms with Crippen LogP contribution in [0.4, 0.5) is 5.69 Å². The van der Waals surface area contributed by atoms with Crippen LogP contribution in [0.1, 0.15) is 5.56 Å². The molecular formula is C18H19ClN2O3. The van der Waals surface area contributed by atoms with Gasteiger partial charge in [-0.15, -0.1) is 0 Å². The molecule has 6 heteroatoms. The van der Waals surface area contributed by atoms with E-state index < -0.39 is 0 Å². The summed E-state index contributed by atoms with van der Waals surface area (Å²) in [7, 11) is 1.56. The maximum Gasteiger partial charge on any atom is 0.260 e. The minimum atomic E-state index is -0.288. The van der Waals surface area contributed by atoms with Gasteiger partial charge in [-0.1, -0.05) is 29.8 Å². The van der Waals surface area contributed by atoms with E-state index in [1.165, 1.54) is 4.90 Å². The SMILES string of the molecule is Cc1ccccc1OCC(=O)N(C)CC(=O)Nc1ccc(Cl)cc1. The van der Waals surface area contributed by atoms with Crippen molar-refractivity contribution in [3.05, 3.63) is 59.1 Å². The highest BCUT2D eigenvalue weighted by Gasteiger charge is 2.14. The Labute approximate surface area is 146 Å². The summed E-state index contributed by atoms with van der Waals surface area (Å²) in [6.45, 7) is 1.73. The van der Waals surface area contributed by atoms with E-state index in [0.29, 0.717) is 16.5 Å². The second-order valence-electron chi connectivity index (χ2n) is 5.36. The average molecular weight is 347 g/mol. The molecular weight excluding hydrogens is 328 g/mol. The number of rotatable bonds is 6. The topological polar surface area (TPSA) is 58.6 Å². The Kier molecular flexibility index (Phi) is 6.21. The van der Waals surface area contributed by atoms with Crippen LogP contribution in [0.25, 0.3) is 0 Å². The van der Waals surface area contributed by atoms with Crippen molar-refractivity contribution in [2.75, 3.05) is 25.5 Å². The van der Waals surface area contributed by atoms with Crippen molar-refractivity contribution < 1.29 is 14.3 Å². The predicted octanol–water partition coefficient (Wildman–Crippen LogP) is 3.12. The summed E-state index contributed by atoms with van der Waals surface area (Å²) in [6.07, 6.45) is 0. The first-order chi connectivity index (χ1) is 11.5. The van der Waals surface area contributed by atoms with Gasteiger partial charge in [0.15, 0.2) is 6.61 Å². The molecule has 0 aliphatic carbocycles.